The van der Waals surface area contributed by atoms with Crippen LogP contribution >= 0.6 is 11.6 Å². The van der Waals surface area contributed by atoms with E-state index in [9.17, 15) is 13.6 Å². The van der Waals surface area contributed by atoms with Gasteiger partial charge >= 0.3 is 0 Å². The van der Waals surface area contributed by atoms with Crippen LogP contribution < -0.4 is 10.1 Å². The van der Waals surface area contributed by atoms with Gasteiger partial charge in [0, 0.05) is 5.02 Å². The summed E-state index contributed by atoms with van der Waals surface area (Å²) in [5.74, 6) is -1.91. The van der Waals surface area contributed by atoms with Gasteiger partial charge < -0.3 is 10.1 Å². The van der Waals surface area contributed by atoms with Crippen LogP contribution in [-0.4, -0.2) is 12.0 Å². The van der Waals surface area contributed by atoms with Crippen molar-refractivity contribution < 1.29 is 18.3 Å². The maximum Gasteiger partial charge on any atom is 0.265 e. The average Bonchev–Trinajstić information content (AvgIpc) is 2.48. The Balaban J connectivity index is 2.12. The Morgan fingerprint density at radius 1 is 1.23 bits per heavy atom. The van der Waals surface area contributed by atoms with Crippen LogP contribution in [-0.2, 0) is 4.79 Å². The summed E-state index contributed by atoms with van der Waals surface area (Å²) in [6.07, 6.45) is -0.563. The highest BCUT2D eigenvalue weighted by atomic mass is 35.5. The highest BCUT2D eigenvalue weighted by molar-refractivity contribution is 6.30. The number of halogens is 3. The van der Waals surface area contributed by atoms with Gasteiger partial charge in [-0.2, -0.15) is 0 Å². The number of amides is 1. The zero-order valence-electron chi connectivity index (χ0n) is 11.8. The molecule has 0 saturated carbocycles. The summed E-state index contributed by atoms with van der Waals surface area (Å²) < 4.78 is 32.6. The molecule has 0 aromatic heterocycles. The van der Waals surface area contributed by atoms with E-state index in [-0.39, 0.29) is 0 Å². The van der Waals surface area contributed by atoms with Gasteiger partial charge in [-0.3, -0.25) is 4.79 Å². The molecule has 116 valence electrons. The van der Waals surface area contributed by atoms with Gasteiger partial charge in [0.2, 0.25) is 0 Å². The third-order valence-corrected chi connectivity index (χ3v) is 3.18. The maximum atomic E-state index is 13.5. The second-order valence-electron chi connectivity index (χ2n) is 4.56. The van der Waals surface area contributed by atoms with E-state index in [1.165, 1.54) is 6.07 Å². The predicted molar refractivity (Wildman–Crippen MR) is 81.1 cm³/mol. The van der Waals surface area contributed by atoms with E-state index in [1.54, 1.807) is 31.2 Å². The largest absolute Gasteiger partial charge is 0.481 e. The predicted octanol–water partition coefficient (Wildman–Crippen LogP) is 4.41. The van der Waals surface area contributed by atoms with Crippen LogP contribution in [0.15, 0.2) is 42.5 Å². The third-order valence-electron chi connectivity index (χ3n) is 2.95. The fourth-order valence-electron chi connectivity index (χ4n) is 1.85. The second-order valence-corrected chi connectivity index (χ2v) is 4.99. The standard InChI is InChI=1S/C16H14ClF2NO2/c1-2-14(22-11-6-3-5-10(17)9-11)16(21)20-15-12(18)7-4-8-13(15)19/h3-9,14H,2H2,1H3,(H,20,21)/t14-/m1/s1. The fraction of sp³-hybridized carbons (Fsp3) is 0.188. The zero-order chi connectivity index (χ0) is 16.1. The van der Waals surface area contributed by atoms with Crippen LogP contribution in [0.25, 0.3) is 0 Å². The molecule has 1 atom stereocenters. The van der Waals surface area contributed by atoms with E-state index in [2.05, 4.69) is 5.32 Å². The number of hydrogen-bond donors (Lipinski definition) is 1. The van der Waals surface area contributed by atoms with Gasteiger partial charge in [-0.1, -0.05) is 30.7 Å². The molecule has 0 unspecified atom stereocenters. The van der Waals surface area contributed by atoms with Crippen LogP contribution in [0.1, 0.15) is 13.3 Å². The quantitative estimate of drug-likeness (QED) is 0.884. The Morgan fingerprint density at radius 2 is 1.86 bits per heavy atom. The first-order valence-electron chi connectivity index (χ1n) is 6.68. The highest BCUT2D eigenvalue weighted by Gasteiger charge is 2.21. The van der Waals surface area contributed by atoms with Gasteiger partial charge in [0.1, 0.15) is 23.1 Å². The van der Waals surface area contributed by atoms with E-state index < -0.39 is 29.3 Å². The Kier molecular flexibility index (Phi) is 5.33. The number of nitrogens with one attached hydrogen (secondary N) is 1. The fourth-order valence-corrected chi connectivity index (χ4v) is 2.03. The molecule has 2 aromatic carbocycles. The number of anilines is 1. The van der Waals surface area contributed by atoms with Crippen molar-refractivity contribution in [2.24, 2.45) is 0 Å². The number of benzene rings is 2. The molecule has 2 aromatic rings. The van der Waals surface area contributed by atoms with E-state index >= 15 is 0 Å². The minimum absolute atomic E-state index is 0.328. The Labute approximate surface area is 131 Å². The summed E-state index contributed by atoms with van der Waals surface area (Å²) in [6, 6.07) is 9.91. The van der Waals surface area contributed by atoms with Crippen molar-refractivity contribution >= 4 is 23.2 Å². The van der Waals surface area contributed by atoms with Crippen molar-refractivity contribution in [3.05, 3.63) is 59.1 Å². The van der Waals surface area contributed by atoms with Gasteiger partial charge in [0.05, 0.1) is 0 Å². The summed E-state index contributed by atoms with van der Waals surface area (Å²) in [5, 5.41) is 2.68. The van der Waals surface area contributed by atoms with Crippen molar-refractivity contribution in [1.82, 2.24) is 0 Å². The lowest BCUT2D eigenvalue weighted by atomic mass is 10.2. The van der Waals surface area contributed by atoms with Crippen molar-refractivity contribution in [3.8, 4) is 5.75 Å². The Hall–Kier alpha value is -2.14. The number of ether oxygens (including phenoxy) is 1. The van der Waals surface area contributed by atoms with Crippen LogP contribution in [0.3, 0.4) is 0 Å². The molecule has 6 heteroatoms. The van der Waals surface area contributed by atoms with Gasteiger partial charge in [0.25, 0.3) is 5.91 Å². The lowest BCUT2D eigenvalue weighted by Gasteiger charge is -2.18. The van der Waals surface area contributed by atoms with Crippen molar-refractivity contribution in [2.75, 3.05) is 5.32 Å². The Morgan fingerprint density at radius 3 is 2.45 bits per heavy atom. The lowest BCUT2D eigenvalue weighted by molar-refractivity contribution is -0.122. The van der Waals surface area contributed by atoms with Gasteiger partial charge in [-0.05, 0) is 36.8 Å². The van der Waals surface area contributed by atoms with Crippen LogP contribution in [0.4, 0.5) is 14.5 Å². The summed E-state index contributed by atoms with van der Waals surface area (Å²) in [6.45, 7) is 1.73. The molecular formula is C16H14ClF2NO2. The summed E-state index contributed by atoms with van der Waals surface area (Å²) in [4.78, 5) is 12.1. The molecule has 0 fully saturated rings. The van der Waals surface area contributed by atoms with Crippen molar-refractivity contribution in [2.45, 2.75) is 19.4 Å². The molecule has 1 N–H and O–H groups in total. The zero-order valence-corrected chi connectivity index (χ0v) is 12.5. The normalized spacial score (nSPS) is 11.8. The summed E-state index contributed by atoms with van der Waals surface area (Å²) >= 11 is 5.84. The van der Waals surface area contributed by atoms with Crippen LogP contribution in [0.5, 0.6) is 5.75 Å². The molecule has 0 radical (unpaired) electrons. The number of hydrogen-bond acceptors (Lipinski definition) is 2. The molecule has 0 aliphatic heterocycles. The van der Waals surface area contributed by atoms with Crippen LogP contribution in [0.2, 0.25) is 5.02 Å². The number of rotatable bonds is 5. The molecule has 0 aliphatic carbocycles. The molecule has 22 heavy (non-hydrogen) atoms. The first-order valence-corrected chi connectivity index (χ1v) is 7.06. The first-order chi connectivity index (χ1) is 10.5. The molecule has 0 aliphatic rings. The van der Waals surface area contributed by atoms with E-state index in [4.69, 9.17) is 16.3 Å². The molecule has 1 amide bonds. The number of carbonyl (C=O) groups is 1. The maximum absolute atomic E-state index is 13.5. The molecule has 0 heterocycles. The van der Waals surface area contributed by atoms with Gasteiger partial charge in [0.15, 0.2) is 6.10 Å². The monoisotopic (exact) mass is 325 g/mol. The third kappa shape index (κ3) is 3.95. The SMILES string of the molecule is CC[C@@H](Oc1cccc(Cl)c1)C(=O)Nc1c(F)cccc1F. The topological polar surface area (TPSA) is 38.3 Å². The molecular weight excluding hydrogens is 312 g/mol. The van der Waals surface area contributed by atoms with Gasteiger partial charge in [-0.15, -0.1) is 0 Å². The minimum Gasteiger partial charge on any atom is -0.481 e. The van der Waals surface area contributed by atoms with E-state index in [1.807, 2.05) is 0 Å². The molecule has 3 nitrogen and oxygen atoms in total. The van der Waals surface area contributed by atoms with Crippen molar-refractivity contribution in [1.29, 1.82) is 0 Å². The molecule has 0 bridgehead atoms. The van der Waals surface area contributed by atoms with Crippen molar-refractivity contribution in [3.63, 3.8) is 0 Å². The molecule has 2 rings (SSSR count). The van der Waals surface area contributed by atoms with E-state index in [0.717, 1.165) is 12.1 Å². The van der Waals surface area contributed by atoms with Crippen LogP contribution in [0, 0.1) is 11.6 Å². The average molecular weight is 326 g/mol. The molecule has 0 saturated heterocycles. The lowest BCUT2D eigenvalue weighted by Crippen LogP contribution is -2.33. The van der Waals surface area contributed by atoms with E-state index in [0.29, 0.717) is 17.2 Å². The highest BCUT2D eigenvalue weighted by Crippen LogP contribution is 2.21. The first kappa shape index (κ1) is 16.2. The minimum atomic E-state index is -0.891. The molecule has 0 spiro atoms. The second kappa shape index (κ2) is 7.22. The summed E-state index contributed by atoms with van der Waals surface area (Å²) in [5.41, 5.74) is -0.486. The number of carbonyl (C=O) groups excluding carboxylic acids is 1. The van der Waals surface area contributed by atoms with Gasteiger partial charge in [-0.25, -0.2) is 8.78 Å². The number of para-hydroxylation sites is 1. The smallest absolute Gasteiger partial charge is 0.265 e. The summed E-state index contributed by atoms with van der Waals surface area (Å²) in [7, 11) is 0. The Bertz CT molecular complexity index is 659.